The first-order valence-corrected chi connectivity index (χ1v) is 9.92. The van der Waals surface area contributed by atoms with Crippen LogP contribution < -0.4 is 10.6 Å². The van der Waals surface area contributed by atoms with Gasteiger partial charge in [0.15, 0.2) is 0 Å². The summed E-state index contributed by atoms with van der Waals surface area (Å²) in [6.07, 6.45) is 4.13. The van der Waals surface area contributed by atoms with Crippen LogP contribution in [0.1, 0.15) is 41.6 Å². The van der Waals surface area contributed by atoms with Crippen LogP contribution >= 0.6 is 0 Å². The number of nitrogens with two attached hydrogens (primary N) is 1. The fraction of sp³-hybridized carbons (Fsp3) is 0.455. The standard InChI is InChI=1S/C22H28N4O/c1-16-9-11-25(12-10-16)21-8-7-18(13-24-21)22(27)26-14-19(20(23)15-26)17-5-3-2-4-6-17/h2-8,13,16,19-20H,9-12,14-15,23H2,1H3/t19-,20+/m0/s1. The van der Waals surface area contributed by atoms with Gasteiger partial charge in [-0.05, 0) is 36.5 Å². The van der Waals surface area contributed by atoms with Crippen LogP contribution in [0.3, 0.4) is 0 Å². The summed E-state index contributed by atoms with van der Waals surface area (Å²) < 4.78 is 0. The molecule has 0 saturated carbocycles. The molecule has 0 spiro atoms. The van der Waals surface area contributed by atoms with E-state index in [1.165, 1.54) is 18.4 Å². The monoisotopic (exact) mass is 364 g/mol. The Labute approximate surface area is 161 Å². The Balaban J connectivity index is 1.42. The molecule has 2 saturated heterocycles. The molecule has 142 valence electrons. The third-order valence-corrected chi connectivity index (χ3v) is 5.98. The number of piperidine rings is 1. The highest BCUT2D eigenvalue weighted by molar-refractivity contribution is 5.94. The molecule has 1 aromatic heterocycles. The molecule has 2 fully saturated rings. The molecule has 5 heteroatoms. The van der Waals surface area contributed by atoms with E-state index in [0.717, 1.165) is 24.8 Å². The molecule has 1 aromatic carbocycles. The molecule has 5 nitrogen and oxygen atoms in total. The number of likely N-dealkylation sites (tertiary alicyclic amines) is 1. The van der Waals surface area contributed by atoms with Gasteiger partial charge in [0.25, 0.3) is 5.91 Å². The quantitative estimate of drug-likeness (QED) is 0.910. The van der Waals surface area contributed by atoms with Crippen molar-refractivity contribution in [2.24, 2.45) is 11.7 Å². The molecule has 0 aliphatic carbocycles. The maximum absolute atomic E-state index is 12.9. The molecule has 4 rings (SSSR count). The first kappa shape index (κ1) is 18.0. The van der Waals surface area contributed by atoms with Gasteiger partial charge in [-0.25, -0.2) is 4.98 Å². The van der Waals surface area contributed by atoms with Crippen LogP contribution in [-0.2, 0) is 0 Å². The Hall–Kier alpha value is -2.40. The average molecular weight is 364 g/mol. The van der Waals surface area contributed by atoms with E-state index in [1.807, 2.05) is 35.2 Å². The molecule has 27 heavy (non-hydrogen) atoms. The van der Waals surface area contributed by atoms with E-state index in [2.05, 4.69) is 28.9 Å². The van der Waals surface area contributed by atoms with E-state index in [9.17, 15) is 4.79 Å². The fourth-order valence-corrected chi connectivity index (χ4v) is 4.17. The molecule has 0 unspecified atom stereocenters. The number of pyridine rings is 1. The number of carbonyl (C=O) groups excluding carboxylic acids is 1. The minimum Gasteiger partial charge on any atom is -0.357 e. The number of hydrogen-bond donors (Lipinski definition) is 1. The second kappa shape index (κ2) is 7.69. The Morgan fingerprint density at radius 1 is 1.07 bits per heavy atom. The number of carbonyl (C=O) groups is 1. The van der Waals surface area contributed by atoms with E-state index in [1.54, 1.807) is 6.20 Å². The van der Waals surface area contributed by atoms with Gasteiger partial charge < -0.3 is 15.5 Å². The van der Waals surface area contributed by atoms with Crippen molar-refractivity contribution in [2.45, 2.75) is 31.7 Å². The third-order valence-electron chi connectivity index (χ3n) is 5.98. The largest absolute Gasteiger partial charge is 0.357 e. The van der Waals surface area contributed by atoms with Gasteiger partial charge in [-0.3, -0.25) is 4.79 Å². The lowest BCUT2D eigenvalue weighted by atomic mass is 9.95. The third kappa shape index (κ3) is 3.83. The summed E-state index contributed by atoms with van der Waals surface area (Å²) in [5.41, 5.74) is 8.18. The summed E-state index contributed by atoms with van der Waals surface area (Å²) in [6, 6.07) is 14.1. The highest BCUT2D eigenvalue weighted by Crippen LogP contribution is 2.28. The lowest BCUT2D eigenvalue weighted by Crippen LogP contribution is -2.34. The summed E-state index contributed by atoms with van der Waals surface area (Å²) in [5, 5.41) is 0. The fourth-order valence-electron chi connectivity index (χ4n) is 4.17. The molecule has 0 radical (unpaired) electrons. The highest BCUT2D eigenvalue weighted by Gasteiger charge is 2.34. The summed E-state index contributed by atoms with van der Waals surface area (Å²) in [5.74, 6) is 1.98. The Bertz CT molecular complexity index is 769. The molecule has 2 atom stereocenters. The second-order valence-electron chi connectivity index (χ2n) is 7.97. The summed E-state index contributed by atoms with van der Waals surface area (Å²) in [6.45, 7) is 5.64. The minimum absolute atomic E-state index is 0.0233. The Morgan fingerprint density at radius 2 is 1.81 bits per heavy atom. The zero-order chi connectivity index (χ0) is 18.8. The Kier molecular flexibility index (Phi) is 5.12. The molecule has 2 aliphatic heterocycles. The zero-order valence-corrected chi connectivity index (χ0v) is 15.9. The molecule has 2 aromatic rings. The lowest BCUT2D eigenvalue weighted by Gasteiger charge is -2.31. The minimum atomic E-state index is -0.0288. The van der Waals surface area contributed by atoms with Gasteiger partial charge in [0.2, 0.25) is 0 Å². The van der Waals surface area contributed by atoms with Crippen molar-refractivity contribution < 1.29 is 4.79 Å². The van der Waals surface area contributed by atoms with Crippen LogP contribution in [0.4, 0.5) is 5.82 Å². The van der Waals surface area contributed by atoms with Gasteiger partial charge in [0, 0.05) is 44.3 Å². The van der Waals surface area contributed by atoms with Crippen LogP contribution in [-0.4, -0.2) is 48.0 Å². The first-order chi connectivity index (χ1) is 13.1. The zero-order valence-electron chi connectivity index (χ0n) is 15.9. The predicted molar refractivity (Wildman–Crippen MR) is 108 cm³/mol. The van der Waals surface area contributed by atoms with E-state index >= 15 is 0 Å². The molecule has 2 aliphatic rings. The van der Waals surface area contributed by atoms with Crippen LogP contribution in [0.15, 0.2) is 48.7 Å². The normalized spacial score (nSPS) is 23.6. The van der Waals surface area contributed by atoms with E-state index in [4.69, 9.17) is 5.73 Å². The van der Waals surface area contributed by atoms with Crippen LogP contribution in [0.2, 0.25) is 0 Å². The van der Waals surface area contributed by atoms with Gasteiger partial charge in [-0.15, -0.1) is 0 Å². The van der Waals surface area contributed by atoms with Crippen molar-refractivity contribution in [2.75, 3.05) is 31.1 Å². The molecular formula is C22H28N4O. The number of aromatic nitrogens is 1. The van der Waals surface area contributed by atoms with Gasteiger partial charge in [0.05, 0.1) is 5.56 Å². The van der Waals surface area contributed by atoms with Crippen LogP contribution in [0.5, 0.6) is 0 Å². The molecular weight excluding hydrogens is 336 g/mol. The van der Waals surface area contributed by atoms with E-state index < -0.39 is 0 Å². The maximum Gasteiger partial charge on any atom is 0.255 e. The first-order valence-electron chi connectivity index (χ1n) is 9.92. The molecule has 3 heterocycles. The van der Waals surface area contributed by atoms with Crippen molar-refractivity contribution in [3.63, 3.8) is 0 Å². The van der Waals surface area contributed by atoms with E-state index in [0.29, 0.717) is 18.7 Å². The van der Waals surface area contributed by atoms with Crippen molar-refractivity contribution in [1.82, 2.24) is 9.88 Å². The summed E-state index contributed by atoms with van der Waals surface area (Å²) in [7, 11) is 0. The summed E-state index contributed by atoms with van der Waals surface area (Å²) >= 11 is 0. The van der Waals surface area contributed by atoms with Crippen molar-refractivity contribution in [3.05, 3.63) is 59.8 Å². The second-order valence-corrected chi connectivity index (χ2v) is 7.97. The SMILES string of the molecule is CC1CCN(c2ccc(C(=O)N3C[C@@H](N)[C@H](c4ccccc4)C3)cn2)CC1. The van der Waals surface area contributed by atoms with Gasteiger partial charge in [-0.1, -0.05) is 37.3 Å². The number of rotatable bonds is 3. The van der Waals surface area contributed by atoms with Crippen LogP contribution in [0.25, 0.3) is 0 Å². The van der Waals surface area contributed by atoms with Crippen LogP contribution in [0, 0.1) is 5.92 Å². The highest BCUT2D eigenvalue weighted by atomic mass is 16.2. The van der Waals surface area contributed by atoms with Gasteiger partial charge in [0.1, 0.15) is 5.82 Å². The smallest absolute Gasteiger partial charge is 0.255 e. The lowest BCUT2D eigenvalue weighted by molar-refractivity contribution is 0.0789. The van der Waals surface area contributed by atoms with Crippen molar-refractivity contribution in [1.29, 1.82) is 0 Å². The average Bonchev–Trinajstić information content (AvgIpc) is 3.10. The van der Waals surface area contributed by atoms with Crippen molar-refractivity contribution >= 4 is 11.7 Å². The number of benzene rings is 1. The summed E-state index contributed by atoms with van der Waals surface area (Å²) in [4.78, 5) is 21.7. The number of anilines is 1. The number of amides is 1. The molecule has 2 N–H and O–H groups in total. The van der Waals surface area contributed by atoms with Gasteiger partial charge in [-0.2, -0.15) is 0 Å². The maximum atomic E-state index is 12.9. The Morgan fingerprint density at radius 3 is 2.48 bits per heavy atom. The molecule has 1 amide bonds. The van der Waals surface area contributed by atoms with Crippen molar-refractivity contribution in [3.8, 4) is 0 Å². The molecule has 0 bridgehead atoms. The van der Waals surface area contributed by atoms with Gasteiger partial charge >= 0.3 is 0 Å². The number of nitrogens with zero attached hydrogens (tertiary/aromatic N) is 3. The predicted octanol–water partition coefficient (Wildman–Crippen LogP) is 2.88. The van der Waals surface area contributed by atoms with E-state index in [-0.39, 0.29) is 17.9 Å². The topological polar surface area (TPSA) is 62.5 Å². The number of hydrogen-bond acceptors (Lipinski definition) is 4.